The van der Waals surface area contributed by atoms with Crippen LogP contribution in [0.15, 0.2) is 42.5 Å². The summed E-state index contributed by atoms with van der Waals surface area (Å²) < 4.78 is 19.3. The van der Waals surface area contributed by atoms with E-state index in [0.717, 1.165) is 10.8 Å². The smallest absolute Gasteiger partial charge is 0.368 e. The third kappa shape index (κ3) is 3.45. The summed E-state index contributed by atoms with van der Waals surface area (Å²) in [6.45, 7) is 4.70. The van der Waals surface area contributed by atoms with E-state index in [2.05, 4.69) is 0 Å². The first-order chi connectivity index (χ1) is 10.1. The topological polar surface area (TPSA) is 43.4 Å². The van der Waals surface area contributed by atoms with Crippen molar-refractivity contribution in [1.29, 1.82) is 0 Å². The molecule has 1 atom stereocenters. The predicted octanol–water partition coefficient (Wildman–Crippen LogP) is 4.27. The average molecular weight is 323 g/mol. The molecule has 0 aromatic heterocycles. The molecule has 2 aromatic rings. The minimum absolute atomic E-state index is 0.0158. The van der Waals surface area contributed by atoms with E-state index in [1.807, 2.05) is 12.1 Å². The monoisotopic (exact) mass is 322 g/mol. The summed E-state index contributed by atoms with van der Waals surface area (Å²) in [6.07, 6.45) is 0. The lowest BCUT2D eigenvalue weighted by Gasteiger charge is -2.23. The van der Waals surface area contributed by atoms with Gasteiger partial charge in [0.25, 0.3) is 0 Å². The van der Waals surface area contributed by atoms with E-state index in [0.29, 0.717) is 0 Å². The van der Waals surface area contributed by atoms with E-state index in [9.17, 15) is 14.0 Å². The van der Waals surface area contributed by atoms with Gasteiger partial charge in [-0.2, -0.15) is 0 Å². The number of rotatable bonds is 3. The second-order valence-corrected chi connectivity index (χ2v) is 6.49. The maximum Gasteiger partial charge on any atom is 0.368 e. The van der Waals surface area contributed by atoms with Crippen molar-refractivity contribution in [2.75, 3.05) is 0 Å². The van der Waals surface area contributed by atoms with E-state index in [1.54, 1.807) is 39.0 Å². The quantitative estimate of drug-likeness (QED) is 0.367. The first kappa shape index (κ1) is 16.4. The molecule has 0 radical (unpaired) electrons. The lowest BCUT2D eigenvalue weighted by Crippen LogP contribution is -2.41. The van der Waals surface area contributed by atoms with Crippen LogP contribution >= 0.6 is 11.6 Å². The lowest BCUT2D eigenvalue weighted by molar-refractivity contribution is -0.161. The van der Waals surface area contributed by atoms with Crippen molar-refractivity contribution in [2.24, 2.45) is 0 Å². The zero-order valence-corrected chi connectivity index (χ0v) is 13.3. The molecule has 2 rings (SSSR count). The molecular weight excluding hydrogens is 307 g/mol. The van der Waals surface area contributed by atoms with E-state index < -0.39 is 22.5 Å². The molecule has 3 nitrogen and oxygen atoms in total. The summed E-state index contributed by atoms with van der Waals surface area (Å²) in [5.74, 6) is -2.53. The van der Waals surface area contributed by atoms with Crippen molar-refractivity contribution < 1.29 is 18.7 Å². The van der Waals surface area contributed by atoms with Crippen LogP contribution in [0.4, 0.5) is 4.39 Å². The highest BCUT2D eigenvalue weighted by molar-refractivity contribution is 6.46. The number of hydrogen-bond acceptors (Lipinski definition) is 3. The van der Waals surface area contributed by atoms with Gasteiger partial charge in [-0.15, -0.1) is 0 Å². The average Bonchev–Trinajstić information content (AvgIpc) is 2.44. The van der Waals surface area contributed by atoms with Crippen molar-refractivity contribution in [2.45, 2.75) is 31.5 Å². The van der Waals surface area contributed by atoms with Crippen LogP contribution in [0.25, 0.3) is 10.8 Å². The van der Waals surface area contributed by atoms with Crippen LogP contribution in [0.3, 0.4) is 0 Å². The van der Waals surface area contributed by atoms with Gasteiger partial charge in [0.2, 0.25) is 5.78 Å². The predicted molar refractivity (Wildman–Crippen MR) is 83.8 cm³/mol. The summed E-state index contributed by atoms with van der Waals surface area (Å²) in [5, 5.41) is -1.59. The second kappa shape index (κ2) is 5.69. The first-order valence-electron chi connectivity index (χ1n) is 6.76. The van der Waals surface area contributed by atoms with Crippen molar-refractivity contribution in [1.82, 2.24) is 0 Å². The molecule has 0 unspecified atom stereocenters. The molecule has 0 N–H and O–H groups in total. The van der Waals surface area contributed by atoms with E-state index in [4.69, 9.17) is 16.3 Å². The third-order valence-electron chi connectivity index (χ3n) is 2.95. The molecule has 0 saturated heterocycles. The number of hydrogen-bond donors (Lipinski definition) is 0. The molecule has 2 aromatic carbocycles. The standard InChI is InChI=1S/C17H16ClFO3/c1-16(2,3)22-15(21)17(18,19)14(20)13-9-8-11-6-4-5-7-12(11)10-13/h4-10H,1-3H3/t17-/m0/s1. The number of ether oxygens (including phenoxy) is 1. The highest BCUT2D eigenvalue weighted by Gasteiger charge is 2.48. The van der Waals surface area contributed by atoms with Gasteiger partial charge in [0.05, 0.1) is 0 Å². The van der Waals surface area contributed by atoms with Gasteiger partial charge in [-0.25, -0.2) is 9.18 Å². The number of alkyl halides is 2. The molecule has 0 aliphatic carbocycles. The molecule has 22 heavy (non-hydrogen) atoms. The van der Waals surface area contributed by atoms with Gasteiger partial charge in [0.1, 0.15) is 5.60 Å². The lowest BCUT2D eigenvalue weighted by atomic mass is 10.0. The molecule has 0 fully saturated rings. The Morgan fingerprint density at radius 1 is 1.05 bits per heavy atom. The Bertz CT molecular complexity index is 732. The summed E-state index contributed by atoms with van der Waals surface area (Å²) in [6, 6.07) is 11.9. The molecule has 0 saturated carbocycles. The number of esters is 1. The maximum atomic E-state index is 14.4. The van der Waals surface area contributed by atoms with Crippen molar-refractivity contribution >= 4 is 34.1 Å². The highest BCUT2D eigenvalue weighted by Crippen LogP contribution is 2.28. The Morgan fingerprint density at radius 3 is 2.23 bits per heavy atom. The van der Waals surface area contributed by atoms with Crippen molar-refractivity contribution in [3.63, 3.8) is 0 Å². The number of carbonyl (C=O) groups is 2. The molecule has 0 spiro atoms. The minimum Gasteiger partial charge on any atom is -0.456 e. The Hall–Kier alpha value is -1.94. The summed E-state index contributed by atoms with van der Waals surface area (Å²) >= 11 is 5.54. The number of halogens is 2. The molecule has 0 aliphatic heterocycles. The molecular formula is C17H16ClFO3. The zero-order valence-electron chi connectivity index (χ0n) is 12.5. The van der Waals surface area contributed by atoms with Crippen molar-refractivity contribution in [3.05, 3.63) is 48.0 Å². The normalized spacial score (nSPS) is 14.4. The van der Waals surface area contributed by atoms with Gasteiger partial charge in [0, 0.05) is 5.56 Å². The van der Waals surface area contributed by atoms with Gasteiger partial charge >= 0.3 is 11.1 Å². The second-order valence-electron chi connectivity index (χ2n) is 5.97. The molecule has 116 valence electrons. The van der Waals surface area contributed by atoms with Gasteiger partial charge in [-0.1, -0.05) is 48.0 Å². The Labute approximate surface area is 133 Å². The zero-order chi connectivity index (χ0) is 16.5. The fourth-order valence-electron chi connectivity index (χ4n) is 1.95. The number of Topliss-reactive ketones (excluding diaryl/α,β-unsaturated/α-hetero) is 1. The van der Waals surface area contributed by atoms with Gasteiger partial charge in [-0.3, -0.25) is 4.79 Å². The SMILES string of the molecule is CC(C)(C)OC(=O)[C@](F)(Cl)C(=O)c1ccc2ccccc2c1. The number of benzene rings is 2. The van der Waals surface area contributed by atoms with Gasteiger partial charge in [0.15, 0.2) is 0 Å². The van der Waals surface area contributed by atoms with Crippen LogP contribution in [-0.4, -0.2) is 22.5 Å². The van der Waals surface area contributed by atoms with Crippen LogP contribution in [0.1, 0.15) is 31.1 Å². The molecule has 0 heterocycles. The summed E-state index contributed by atoms with van der Waals surface area (Å²) in [4.78, 5) is 24.0. The first-order valence-corrected chi connectivity index (χ1v) is 7.14. The number of carbonyl (C=O) groups excluding carboxylic acids is 2. The maximum absolute atomic E-state index is 14.4. The Kier molecular flexibility index (Phi) is 4.25. The molecule has 0 bridgehead atoms. The number of fused-ring (bicyclic) bond motifs is 1. The van der Waals surface area contributed by atoms with E-state index in [-0.39, 0.29) is 5.56 Å². The number of ketones is 1. The van der Waals surface area contributed by atoms with Gasteiger partial charge < -0.3 is 4.74 Å². The van der Waals surface area contributed by atoms with Crippen LogP contribution in [0.2, 0.25) is 0 Å². The van der Waals surface area contributed by atoms with Crippen LogP contribution in [-0.2, 0) is 9.53 Å². The van der Waals surface area contributed by atoms with Crippen LogP contribution in [0.5, 0.6) is 0 Å². The third-order valence-corrected chi connectivity index (χ3v) is 3.28. The Morgan fingerprint density at radius 2 is 1.64 bits per heavy atom. The largest absolute Gasteiger partial charge is 0.456 e. The van der Waals surface area contributed by atoms with Crippen LogP contribution < -0.4 is 0 Å². The minimum atomic E-state index is -3.24. The summed E-state index contributed by atoms with van der Waals surface area (Å²) in [5.41, 5.74) is -0.922. The Balaban J connectivity index is 2.33. The van der Waals surface area contributed by atoms with E-state index in [1.165, 1.54) is 12.1 Å². The fraction of sp³-hybridized carbons (Fsp3) is 0.294. The fourth-order valence-corrected chi connectivity index (χ4v) is 2.09. The highest BCUT2D eigenvalue weighted by atomic mass is 35.5. The van der Waals surface area contributed by atoms with Crippen molar-refractivity contribution in [3.8, 4) is 0 Å². The molecule has 5 heteroatoms. The molecule has 0 amide bonds. The van der Waals surface area contributed by atoms with Gasteiger partial charge in [-0.05, 0) is 37.6 Å². The van der Waals surface area contributed by atoms with E-state index >= 15 is 0 Å². The summed E-state index contributed by atoms with van der Waals surface area (Å²) in [7, 11) is 0. The van der Waals surface area contributed by atoms with Crippen LogP contribution in [0, 0.1) is 0 Å². The molecule has 0 aliphatic rings.